The number of aromatic nitrogens is 2. The average molecular weight is 294 g/mol. The van der Waals surface area contributed by atoms with E-state index in [1.54, 1.807) is 0 Å². The van der Waals surface area contributed by atoms with Crippen molar-refractivity contribution in [1.29, 1.82) is 0 Å². The van der Waals surface area contributed by atoms with Crippen LogP contribution in [0.25, 0.3) is 0 Å². The molecule has 0 spiro atoms. The Morgan fingerprint density at radius 1 is 1.27 bits per heavy atom. The fourth-order valence-electron chi connectivity index (χ4n) is 0.542. The van der Waals surface area contributed by atoms with Crippen LogP contribution in [0, 0.1) is 0 Å². The molecule has 1 rings (SSSR count). The van der Waals surface area contributed by atoms with Gasteiger partial charge in [-0.1, -0.05) is 0 Å². The molecular formula is C4HBr2F3N2. The first-order valence-corrected chi connectivity index (χ1v) is 3.98. The number of hydrogen-bond acceptors (Lipinski definition) is 1. The largest absolute Gasteiger partial charge is 0.421 e. The van der Waals surface area contributed by atoms with Crippen LogP contribution >= 0.6 is 31.9 Å². The van der Waals surface area contributed by atoms with Crippen LogP contribution in [0.15, 0.2) is 9.21 Å². The van der Waals surface area contributed by atoms with Crippen LogP contribution in [0.2, 0.25) is 0 Å². The number of nitrogens with one attached hydrogen (secondary N) is 1. The molecule has 0 fully saturated rings. The maximum atomic E-state index is 12.0. The fraction of sp³-hybridized carbons (Fsp3) is 0.250. The Kier molecular flexibility index (Phi) is 2.29. The summed E-state index contributed by atoms with van der Waals surface area (Å²) in [6.07, 6.45) is -4.38. The highest BCUT2D eigenvalue weighted by atomic mass is 79.9. The van der Waals surface area contributed by atoms with E-state index in [9.17, 15) is 13.2 Å². The molecule has 62 valence electrons. The molecule has 1 N–H and O–H groups in total. The highest BCUT2D eigenvalue weighted by molar-refractivity contribution is 9.11. The van der Waals surface area contributed by atoms with Gasteiger partial charge >= 0.3 is 6.18 Å². The summed E-state index contributed by atoms with van der Waals surface area (Å²) in [6.45, 7) is 0. The molecule has 2 nitrogen and oxygen atoms in total. The summed E-state index contributed by atoms with van der Waals surface area (Å²) in [5.74, 6) is 0. The summed E-state index contributed by atoms with van der Waals surface area (Å²) >= 11 is 5.35. The lowest BCUT2D eigenvalue weighted by Gasteiger charge is -2.03. The van der Waals surface area contributed by atoms with Crippen molar-refractivity contribution in [3.05, 3.63) is 14.8 Å². The maximum Gasteiger partial charge on any atom is 0.421 e. The first-order chi connectivity index (χ1) is 4.93. The minimum Gasteiger partial charge on any atom is -0.270 e. The standard InChI is InChI=1S/C4HBr2F3N2/c5-2-1(4(7,8)9)3(6)11-10-2/h(H,10,11). The van der Waals surface area contributed by atoms with Crippen molar-refractivity contribution < 1.29 is 13.2 Å². The monoisotopic (exact) mass is 292 g/mol. The summed E-state index contributed by atoms with van der Waals surface area (Å²) < 4.78 is 35.7. The van der Waals surface area contributed by atoms with Crippen molar-refractivity contribution in [3.8, 4) is 0 Å². The van der Waals surface area contributed by atoms with Gasteiger partial charge in [-0.25, -0.2) is 0 Å². The molecule has 0 aliphatic rings. The van der Waals surface area contributed by atoms with Gasteiger partial charge in [0.1, 0.15) is 14.8 Å². The number of aromatic amines is 1. The van der Waals surface area contributed by atoms with Crippen molar-refractivity contribution in [2.45, 2.75) is 6.18 Å². The normalized spacial score (nSPS) is 12.1. The average Bonchev–Trinajstić information content (AvgIpc) is 2.08. The van der Waals surface area contributed by atoms with E-state index in [1.807, 2.05) is 0 Å². The lowest BCUT2D eigenvalue weighted by molar-refractivity contribution is -0.138. The Balaban J connectivity index is 3.21. The first-order valence-electron chi connectivity index (χ1n) is 2.39. The zero-order valence-corrected chi connectivity index (χ0v) is 8.01. The Hall–Kier alpha value is -0.0400. The Morgan fingerprint density at radius 2 is 1.82 bits per heavy atom. The third-order valence-corrected chi connectivity index (χ3v) is 2.11. The quantitative estimate of drug-likeness (QED) is 0.783. The topological polar surface area (TPSA) is 28.7 Å². The molecule has 0 aliphatic carbocycles. The minimum absolute atomic E-state index is 0.170. The molecule has 1 heterocycles. The van der Waals surface area contributed by atoms with Gasteiger partial charge in [0.2, 0.25) is 0 Å². The van der Waals surface area contributed by atoms with Crippen molar-refractivity contribution in [1.82, 2.24) is 10.2 Å². The SMILES string of the molecule is FC(F)(F)c1c(Br)n[nH]c1Br. The highest BCUT2D eigenvalue weighted by Crippen LogP contribution is 2.37. The molecule has 7 heteroatoms. The molecule has 0 aliphatic heterocycles. The van der Waals surface area contributed by atoms with Crippen molar-refractivity contribution in [2.24, 2.45) is 0 Å². The zero-order valence-electron chi connectivity index (χ0n) is 4.84. The van der Waals surface area contributed by atoms with Crippen molar-refractivity contribution in [3.63, 3.8) is 0 Å². The number of halogens is 5. The van der Waals surface area contributed by atoms with Crippen LogP contribution in [-0.4, -0.2) is 10.2 Å². The van der Waals surface area contributed by atoms with Crippen molar-refractivity contribution in [2.75, 3.05) is 0 Å². The highest BCUT2D eigenvalue weighted by Gasteiger charge is 2.37. The van der Waals surface area contributed by atoms with Gasteiger partial charge in [-0.2, -0.15) is 18.3 Å². The van der Waals surface area contributed by atoms with E-state index in [1.165, 1.54) is 0 Å². The van der Waals surface area contributed by atoms with Crippen molar-refractivity contribution >= 4 is 31.9 Å². The van der Waals surface area contributed by atoms with Crippen LogP contribution in [0.5, 0.6) is 0 Å². The predicted octanol–water partition coefficient (Wildman–Crippen LogP) is 2.95. The molecule has 1 aromatic rings. The van der Waals surface area contributed by atoms with E-state index in [0.717, 1.165) is 0 Å². The molecule has 0 amide bonds. The van der Waals surface area contributed by atoms with E-state index in [2.05, 4.69) is 42.1 Å². The van der Waals surface area contributed by atoms with Crippen LogP contribution < -0.4 is 0 Å². The van der Waals surface area contributed by atoms with E-state index >= 15 is 0 Å². The van der Waals surface area contributed by atoms with Gasteiger partial charge in [-0.15, -0.1) is 0 Å². The summed E-state index contributed by atoms with van der Waals surface area (Å²) in [5, 5.41) is 5.45. The van der Waals surface area contributed by atoms with Gasteiger partial charge < -0.3 is 0 Å². The van der Waals surface area contributed by atoms with E-state index in [4.69, 9.17) is 0 Å². The van der Waals surface area contributed by atoms with Crippen LogP contribution in [-0.2, 0) is 6.18 Å². The Morgan fingerprint density at radius 3 is 2.00 bits per heavy atom. The number of rotatable bonds is 0. The van der Waals surface area contributed by atoms with Gasteiger partial charge in [0.15, 0.2) is 0 Å². The van der Waals surface area contributed by atoms with E-state index in [0.29, 0.717) is 0 Å². The third kappa shape index (κ3) is 1.76. The Labute approximate surface area is 76.4 Å². The summed E-state index contributed by atoms with van der Waals surface area (Å²) in [4.78, 5) is 0. The number of hydrogen-bond donors (Lipinski definition) is 1. The first kappa shape index (κ1) is 9.05. The lowest BCUT2D eigenvalue weighted by Crippen LogP contribution is -2.04. The third-order valence-electron chi connectivity index (χ3n) is 0.961. The molecule has 0 saturated heterocycles. The van der Waals surface area contributed by atoms with Gasteiger partial charge in [0.25, 0.3) is 0 Å². The van der Waals surface area contributed by atoms with Gasteiger partial charge in [0, 0.05) is 0 Å². The minimum atomic E-state index is -4.38. The molecule has 0 radical (unpaired) electrons. The van der Waals surface area contributed by atoms with E-state index in [-0.39, 0.29) is 9.21 Å². The number of H-pyrrole nitrogens is 1. The molecule has 0 bridgehead atoms. The van der Waals surface area contributed by atoms with E-state index < -0.39 is 11.7 Å². The van der Waals surface area contributed by atoms with Gasteiger partial charge in [0.05, 0.1) is 0 Å². The molecule has 0 saturated carbocycles. The summed E-state index contributed by atoms with van der Waals surface area (Å²) in [7, 11) is 0. The molecule has 0 aromatic carbocycles. The van der Waals surface area contributed by atoms with Crippen LogP contribution in [0.3, 0.4) is 0 Å². The van der Waals surface area contributed by atoms with Crippen LogP contribution in [0.1, 0.15) is 5.56 Å². The zero-order chi connectivity index (χ0) is 8.65. The summed E-state index contributed by atoms with van der Waals surface area (Å²) in [6, 6.07) is 0. The maximum absolute atomic E-state index is 12.0. The number of alkyl halides is 3. The second-order valence-corrected chi connectivity index (χ2v) is 3.25. The molecule has 11 heavy (non-hydrogen) atoms. The Bertz CT molecular complexity index is 247. The predicted molar refractivity (Wildman–Crippen MR) is 39.0 cm³/mol. The van der Waals surface area contributed by atoms with Gasteiger partial charge in [-0.05, 0) is 31.9 Å². The van der Waals surface area contributed by atoms with Crippen LogP contribution in [0.4, 0.5) is 13.2 Å². The molecular weight excluding hydrogens is 293 g/mol. The summed E-state index contributed by atoms with van der Waals surface area (Å²) in [5.41, 5.74) is -0.822. The lowest BCUT2D eigenvalue weighted by atomic mass is 10.4. The second kappa shape index (κ2) is 2.78. The fourth-order valence-corrected chi connectivity index (χ4v) is 1.82. The molecule has 1 aromatic heterocycles. The van der Waals surface area contributed by atoms with Gasteiger partial charge in [-0.3, -0.25) is 5.10 Å². The second-order valence-electron chi connectivity index (χ2n) is 1.70. The molecule has 0 atom stereocenters. The number of nitrogens with zero attached hydrogens (tertiary/aromatic N) is 1. The molecule has 0 unspecified atom stereocenters. The smallest absolute Gasteiger partial charge is 0.270 e.